The van der Waals surface area contributed by atoms with Crippen molar-refractivity contribution in [3.63, 3.8) is 0 Å². The summed E-state index contributed by atoms with van der Waals surface area (Å²) in [4.78, 5) is 0. The van der Waals surface area contributed by atoms with Crippen LogP contribution in [0.2, 0.25) is 0 Å². The van der Waals surface area contributed by atoms with Crippen LogP contribution in [0.4, 0.5) is 4.39 Å². The van der Waals surface area contributed by atoms with Crippen LogP contribution in [0.15, 0.2) is 42.7 Å². The first-order chi connectivity index (χ1) is 8.36. The molecule has 0 unspecified atom stereocenters. The standard InChI is InChI=1S/C13H16FN3/c14-13-5-2-1-4-12(13)6-8-15-9-11-17-10-3-7-16-17/h1-5,7,10,15H,6,8-9,11H2. The Bertz CT molecular complexity index is 440. The summed E-state index contributed by atoms with van der Waals surface area (Å²) in [6.07, 6.45) is 4.41. The second-order valence-corrected chi connectivity index (χ2v) is 3.86. The fraction of sp³-hybridized carbons (Fsp3) is 0.308. The first-order valence-corrected chi connectivity index (χ1v) is 5.78. The van der Waals surface area contributed by atoms with E-state index in [1.54, 1.807) is 12.3 Å². The zero-order valence-electron chi connectivity index (χ0n) is 9.64. The molecule has 0 saturated carbocycles. The Morgan fingerprint density at radius 2 is 2.06 bits per heavy atom. The van der Waals surface area contributed by atoms with Crippen LogP contribution in [0.5, 0.6) is 0 Å². The van der Waals surface area contributed by atoms with Crippen LogP contribution in [0.1, 0.15) is 5.56 Å². The summed E-state index contributed by atoms with van der Waals surface area (Å²) in [5.41, 5.74) is 0.763. The number of rotatable bonds is 6. The molecule has 1 N–H and O–H groups in total. The van der Waals surface area contributed by atoms with Crippen molar-refractivity contribution in [1.82, 2.24) is 15.1 Å². The Kier molecular flexibility index (Phi) is 4.27. The molecule has 0 amide bonds. The van der Waals surface area contributed by atoms with Gasteiger partial charge in [0.1, 0.15) is 5.82 Å². The Morgan fingerprint density at radius 1 is 1.18 bits per heavy atom. The van der Waals surface area contributed by atoms with Gasteiger partial charge in [-0.3, -0.25) is 4.68 Å². The topological polar surface area (TPSA) is 29.9 Å². The van der Waals surface area contributed by atoms with Crippen molar-refractivity contribution in [3.05, 3.63) is 54.1 Å². The zero-order chi connectivity index (χ0) is 11.9. The average molecular weight is 233 g/mol. The van der Waals surface area contributed by atoms with E-state index < -0.39 is 0 Å². The van der Waals surface area contributed by atoms with Gasteiger partial charge in [0.2, 0.25) is 0 Å². The molecule has 1 heterocycles. The molecule has 1 aromatic heterocycles. The summed E-state index contributed by atoms with van der Waals surface area (Å²) < 4.78 is 15.2. The maximum absolute atomic E-state index is 13.3. The van der Waals surface area contributed by atoms with Crippen molar-refractivity contribution < 1.29 is 4.39 Å². The smallest absolute Gasteiger partial charge is 0.126 e. The van der Waals surface area contributed by atoms with Crippen LogP contribution in [0, 0.1) is 5.82 Å². The lowest BCUT2D eigenvalue weighted by Gasteiger charge is -2.05. The highest BCUT2D eigenvalue weighted by Crippen LogP contribution is 2.05. The first-order valence-electron chi connectivity index (χ1n) is 5.78. The first kappa shape index (κ1) is 11.8. The van der Waals surface area contributed by atoms with Crippen LogP contribution in [0.3, 0.4) is 0 Å². The molecule has 2 rings (SSSR count). The summed E-state index contributed by atoms with van der Waals surface area (Å²) in [5, 5.41) is 7.37. The SMILES string of the molecule is Fc1ccccc1CCNCCn1cccn1. The highest BCUT2D eigenvalue weighted by atomic mass is 19.1. The van der Waals surface area contributed by atoms with E-state index >= 15 is 0 Å². The third kappa shape index (κ3) is 3.67. The molecule has 3 nitrogen and oxygen atoms in total. The van der Waals surface area contributed by atoms with Gasteiger partial charge in [-0.2, -0.15) is 5.10 Å². The van der Waals surface area contributed by atoms with Gasteiger partial charge in [0.25, 0.3) is 0 Å². The molecule has 4 heteroatoms. The molecule has 2 aromatic rings. The lowest BCUT2D eigenvalue weighted by Crippen LogP contribution is -2.22. The van der Waals surface area contributed by atoms with E-state index in [0.29, 0.717) is 6.42 Å². The normalized spacial score (nSPS) is 10.6. The van der Waals surface area contributed by atoms with Crippen molar-refractivity contribution in [2.24, 2.45) is 0 Å². The second-order valence-electron chi connectivity index (χ2n) is 3.86. The van der Waals surface area contributed by atoms with E-state index in [-0.39, 0.29) is 5.82 Å². The Morgan fingerprint density at radius 3 is 2.82 bits per heavy atom. The van der Waals surface area contributed by atoms with Gasteiger partial charge in [-0.1, -0.05) is 18.2 Å². The summed E-state index contributed by atoms with van der Waals surface area (Å²) >= 11 is 0. The molecular formula is C13H16FN3. The molecule has 0 atom stereocenters. The number of hydrogen-bond acceptors (Lipinski definition) is 2. The maximum Gasteiger partial charge on any atom is 0.126 e. The number of halogens is 1. The molecule has 0 fully saturated rings. The molecule has 0 radical (unpaired) electrons. The van der Waals surface area contributed by atoms with Crippen LogP contribution >= 0.6 is 0 Å². The number of aromatic nitrogens is 2. The van der Waals surface area contributed by atoms with E-state index in [0.717, 1.165) is 25.2 Å². The van der Waals surface area contributed by atoms with Crippen LogP contribution in [-0.2, 0) is 13.0 Å². The predicted molar refractivity (Wildman–Crippen MR) is 65.2 cm³/mol. The van der Waals surface area contributed by atoms with Gasteiger partial charge in [-0.25, -0.2) is 4.39 Å². The lowest BCUT2D eigenvalue weighted by molar-refractivity contribution is 0.549. The Hall–Kier alpha value is -1.68. The van der Waals surface area contributed by atoms with Crippen LogP contribution < -0.4 is 5.32 Å². The monoisotopic (exact) mass is 233 g/mol. The largest absolute Gasteiger partial charge is 0.315 e. The minimum absolute atomic E-state index is 0.124. The molecule has 1 aromatic carbocycles. The van der Waals surface area contributed by atoms with Gasteiger partial charge in [0.15, 0.2) is 0 Å². The van der Waals surface area contributed by atoms with Gasteiger partial charge in [-0.15, -0.1) is 0 Å². The van der Waals surface area contributed by atoms with E-state index in [9.17, 15) is 4.39 Å². The maximum atomic E-state index is 13.3. The molecule has 0 spiro atoms. The highest BCUT2D eigenvalue weighted by molar-refractivity contribution is 5.17. The van der Waals surface area contributed by atoms with Gasteiger partial charge in [-0.05, 0) is 30.7 Å². The molecule has 0 aliphatic carbocycles. The molecule has 0 aliphatic rings. The summed E-state index contributed by atoms with van der Waals surface area (Å²) in [6.45, 7) is 2.46. The third-order valence-electron chi connectivity index (χ3n) is 2.61. The lowest BCUT2D eigenvalue weighted by atomic mass is 10.1. The van der Waals surface area contributed by atoms with Gasteiger partial charge in [0.05, 0.1) is 6.54 Å². The van der Waals surface area contributed by atoms with Crippen LogP contribution in [-0.4, -0.2) is 22.9 Å². The van der Waals surface area contributed by atoms with Gasteiger partial charge < -0.3 is 5.32 Å². The van der Waals surface area contributed by atoms with Crippen molar-refractivity contribution in [2.45, 2.75) is 13.0 Å². The minimum Gasteiger partial charge on any atom is -0.315 e. The van der Waals surface area contributed by atoms with E-state index in [1.807, 2.05) is 29.1 Å². The number of hydrogen-bond donors (Lipinski definition) is 1. The third-order valence-corrected chi connectivity index (χ3v) is 2.61. The number of nitrogens with one attached hydrogen (secondary N) is 1. The van der Waals surface area contributed by atoms with E-state index in [4.69, 9.17) is 0 Å². The predicted octanol–water partition coefficient (Wildman–Crippen LogP) is 1.85. The van der Waals surface area contributed by atoms with Crippen LogP contribution in [0.25, 0.3) is 0 Å². The van der Waals surface area contributed by atoms with Gasteiger partial charge >= 0.3 is 0 Å². The van der Waals surface area contributed by atoms with Crippen molar-refractivity contribution in [3.8, 4) is 0 Å². The highest BCUT2D eigenvalue weighted by Gasteiger charge is 1.99. The van der Waals surface area contributed by atoms with E-state index in [1.165, 1.54) is 6.07 Å². The molecule has 0 saturated heterocycles. The van der Waals surface area contributed by atoms with Crippen molar-refractivity contribution in [1.29, 1.82) is 0 Å². The van der Waals surface area contributed by atoms with Gasteiger partial charge in [0, 0.05) is 18.9 Å². The number of nitrogens with zero attached hydrogens (tertiary/aromatic N) is 2. The summed E-state index contributed by atoms with van der Waals surface area (Å²) in [7, 11) is 0. The molecule has 0 aliphatic heterocycles. The Labute approximate surface area is 100 Å². The Balaban J connectivity index is 1.65. The summed E-state index contributed by atoms with van der Waals surface area (Å²) in [5.74, 6) is -0.124. The van der Waals surface area contributed by atoms with Crippen molar-refractivity contribution >= 4 is 0 Å². The van der Waals surface area contributed by atoms with E-state index in [2.05, 4.69) is 10.4 Å². The minimum atomic E-state index is -0.124. The fourth-order valence-corrected chi connectivity index (χ4v) is 1.68. The molecule has 0 bridgehead atoms. The number of benzene rings is 1. The fourth-order valence-electron chi connectivity index (χ4n) is 1.68. The quantitative estimate of drug-likeness (QED) is 0.772. The second kappa shape index (κ2) is 6.15. The molecule has 17 heavy (non-hydrogen) atoms. The van der Waals surface area contributed by atoms with Crippen molar-refractivity contribution in [2.75, 3.05) is 13.1 Å². The molecule has 90 valence electrons. The zero-order valence-corrected chi connectivity index (χ0v) is 9.64. The average Bonchev–Trinajstić information content (AvgIpc) is 2.84. The molecular weight excluding hydrogens is 217 g/mol. The summed E-state index contributed by atoms with van der Waals surface area (Å²) in [6, 6.07) is 8.80.